The van der Waals surface area contributed by atoms with Crippen LogP contribution in [0.5, 0.6) is 0 Å². The van der Waals surface area contributed by atoms with E-state index in [2.05, 4.69) is 23.5 Å². The van der Waals surface area contributed by atoms with Crippen molar-refractivity contribution in [2.75, 3.05) is 13.1 Å². The normalized spacial score (nSPS) is 32.1. The summed E-state index contributed by atoms with van der Waals surface area (Å²) in [7, 11) is 0. The summed E-state index contributed by atoms with van der Waals surface area (Å²) in [6, 6.07) is 2.18. The maximum Gasteiger partial charge on any atom is 0.0621 e. The molecule has 82 valence electrons. The van der Waals surface area contributed by atoms with Gasteiger partial charge in [-0.15, -0.1) is 0 Å². The lowest BCUT2D eigenvalue weighted by Crippen LogP contribution is -2.26. The molecule has 0 radical (unpaired) electrons. The molecular formula is C13H20N2. The molecule has 2 rings (SSSR count). The van der Waals surface area contributed by atoms with Gasteiger partial charge in [0.15, 0.2) is 0 Å². The van der Waals surface area contributed by atoms with Crippen LogP contribution >= 0.6 is 0 Å². The Morgan fingerprint density at radius 2 is 2.20 bits per heavy atom. The van der Waals surface area contributed by atoms with Crippen LogP contribution in [-0.2, 0) is 0 Å². The molecule has 0 heterocycles. The van der Waals surface area contributed by atoms with E-state index < -0.39 is 0 Å². The lowest BCUT2D eigenvalue weighted by atomic mass is 9.93. The minimum atomic E-state index is 0.707. The first-order valence-electron chi connectivity index (χ1n) is 6.16. The molecule has 0 saturated heterocycles. The molecule has 0 aromatic carbocycles. The molecule has 3 unspecified atom stereocenters. The van der Waals surface area contributed by atoms with Crippen LogP contribution < -0.4 is 5.32 Å². The number of hydrogen-bond donors (Lipinski definition) is 1. The maximum absolute atomic E-state index is 8.39. The highest BCUT2D eigenvalue weighted by atomic mass is 14.9. The average molecular weight is 204 g/mol. The Bertz CT molecular complexity index is 264. The lowest BCUT2D eigenvalue weighted by molar-refractivity contribution is 0.412. The number of unbranched alkanes of at least 4 members (excludes halogenated alkanes) is 2. The fraction of sp³-hybridized carbons (Fsp3) is 0.769. The van der Waals surface area contributed by atoms with Gasteiger partial charge in [-0.2, -0.15) is 5.26 Å². The van der Waals surface area contributed by atoms with E-state index >= 15 is 0 Å². The third-order valence-corrected chi connectivity index (χ3v) is 3.72. The third-order valence-electron chi connectivity index (χ3n) is 3.72. The zero-order chi connectivity index (χ0) is 10.5. The molecule has 2 nitrogen and oxygen atoms in total. The summed E-state index contributed by atoms with van der Waals surface area (Å²) in [6.07, 6.45) is 10.5. The fourth-order valence-corrected chi connectivity index (χ4v) is 2.87. The minimum absolute atomic E-state index is 0.707. The molecule has 1 saturated carbocycles. The summed E-state index contributed by atoms with van der Waals surface area (Å²) in [4.78, 5) is 0. The van der Waals surface area contributed by atoms with Gasteiger partial charge in [0.1, 0.15) is 0 Å². The summed E-state index contributed by atoms with van der Waals surface area (Å²) >= 11 is 0. The zero-order valence-electron chi connectivity index (χ0n) is 9.28. The molecule has 3 atom stereocenters. The quantitative estimate of drug-likeness (QED) is 0.533. The van der Waals surface area contributed by atoms with Gasteiger partial charge in [-0.25, -0.2) is 0 Å². The molecule has 0 amide bonds. The van der Waals surface area contributed by atoms with Crippen LogP contribution in [0.3, 0.4) is 0 Å². The van der Waals surface area contributed by atoms with Gasteiger partial charge in [-0.3, -0.25) is 0 Å². The fourth-order valence-electron chi connectivity index (χ4n) is 2.87. The molecule has 1 N–H and O–H groups in total. The lowest BCUT2D eigenvalue weighted by Gasteiger charge is -2.18. The number of nitrogens with zero attached hydrogens (tertiary/aromatic N) is 1. The molecule has 2 heteroatoms. The van der Waals surface area contributed by atoms with Crippen LogP contribution in [-0.4, -0.2) is 13.1 Å². The zero-order valence-corrected chi connectivity index (χ0v) is 9.28. The molecule has 2 bridgehead atoms. The molecule has 0 aliphatic heterocycles. The Morgan fingerprint density at radius 3 is 2.87 bits per heavy atom. The van der Waals surface area contributed by atoms with E-state index in [0.717, 1.165) is 37.1 Å². The summed E-state index contributed by atoms with van der Waals surface area (Å²) < 4.78 is 0. The molecule has 0 spiro atoms. The predicted octanol–water partition coefficient (Wildman–Crippen LogP) is 2.48. The van der Waals surface area contributed by atoms with Gasteiger partial charge in [0.2, 0.25) is 0 Å². The van der Waals surface area contributed by atoms with Crippen LogP contribution in [0.15, 0.2) is 12.2 Å². The summed E-state index contributed by atoms with van der Waals surface area (Å²) in [6.45, 7) is 2.26. The van der Waals surface area contributed by atoms with Crippen molar-refractivity contribution in [3.63, 3.8) is 0 Å². The van der Waals surface area contributed by atoms with Gasteiger partial charge in [0.05, 0.1) is 6.07 Å². The second-order valence-electron chi connectivity index (χ2n) is 4.86. The molecular weight excluding hydrogens is 184 g/mol. The van der Waals surface area contributed by atoms with Crippen molar-refractivity contribution in [3.8, 4) is 6.07 Å². The van der Waals surface area contributed by atoms with E-state index in [-0.39, 0.29) is 0 Å². The Balaban J connectivity index is 1.52. The number of rotatable bonds is 6. The number of nitriles is 1. The van der Waals surface area contributed by atoms with Crippen LogP contribution in [0.25, 0.3) is 0 Å². The molecule has 2 aliphatic carbocycles. The molecule has 0 aromatic heterocycles. The first-order valence-corrected chi connectivity index (χ1v) is 6.16. The second-order valence-corrected chi connectivity index (χ2v) is 4.86. The van der Waals surface area contributed by atoms with Crippen molar-refractivity contribution >= 4 is 0 Å². The van der Waals surface area contributed by atoms with Crippen molar-refractivity contribution in [3.05, 3.63) is 12.2 Å². The molecule has 0 aromatic rings. The van der Waals surface area contributed by atoms with E-state index in [1.54, 1.807) is 0 Å². The highest BCUT2D eigenvalue weighted by Crippen LogP contribution is 2.42. The van der Waals surface area contributed by atoms with Crippen molar-refractivity contribution < 1.29 is 0 Å². The highest BCUT2D eigenvalue weighted by Gasteiger charge is 2.34. The number of fused-ring (bicyclic) bond motifs is 2. The van der Waals surface area contributed by atoms with E-state index in [0.29, 0.717) is 6.42 Å². The highest BCUT2D eigenvalue weighted by molar-refractivity contribution is 5.10. The third kappa shape index (κ3) is 2.82. The first kappa shape index (κ1) is 10.7. The van der Waals surface area contributed by atoms with Crippen molar-refractivity contribution in [2.24, 2.45) is 17.8 Å². The second kappa shape index (κ2) is 5.32. The SMILES string of the molecule is N#CCCCCNCC1CC2C=CC1C2. The minimum Gasteiger partial charge on any atom is -0.316 e. The van der Waals surface area contributed by atoms with E-state index in [4.69, 9.17) is 5.26 Å². The first-order chi connectivity index (χ1) is 7.40. The Hall–Kier alpha value is -0.810. The number of nitrogens with one attached hydrogen (secondary N) is 1. The molecule has 1 fully saturated rings. The van der Waals surface area contributed by atoms with Crippen LogP contribution in [0.2, 0.25) is 0 Å². The van der Waals surface area contributed by atoms with Gasteiger partial charge in [-0.05, 0) is 56.5 Å². The smallest absolute Gasteiger partial charge is 0.0621 e. The standard InChI is InChI=1S/C13H20N2/c14-6-2-1-3-7-15-10-13-9-11-4-5-12(13)8-11/h4-5,11-13,15H,1-3,7-10H2. The summed E-state index contributed by atoms with van der Waals surface area (Å²) in [5.41, 5.74) is 0. The van der Waals surface area contributed by atoms with E-state index in [1.165, 1.54) is 19.4 Å². The average Bonchev–Trinajstić information content (AvgIpc) is 2.85. The Morgan fingerprint density at radius 1 is 1.27 bits per heavy atom. The summed E-state index contributed by atoms with van der Waals surface area (Å²) in [5.74, 6) is 2.64. The van der Waals surface area contributed by atoms with Gasteiger partial charge >= 0.3 is 0 Å². The van der Waals surface area contributed by atoms with E-state index in [1.807, 2.05) is 0 Å². The van der Waals surface area contributed by atoms with E-state index in [9.17, 15) is 0 Å². The van der Waals surface area contributed by atoms with Crippen molar-refractivity contribution in [1.29, 1.82) is 5.26 Å². The Labute approximate surface area is 92.4 Å². The van der Waals surface area contributed by atoms with Crippen LogP contribution in [0, 0.1) is 29.1 Å². The van der Waals surface area contributed by atoms with Crippen molar-refractivity contribution in [1.82, 2.24) is 5.32 Å². The predicted molar refractivity (Wildman–Crippen MR) is 61.2 cm³/mol. The summed E-state index contributed by atoms with van der Waals surface area (Å²) in [5, 5.41) is 11.9. The van der Waals surface area contributed by atoms with Gasteiger partial charge in [0.25, 0.3) is 0 Å². The van der Waals surface area contributed by atoms with Gasteiger partial charge in [0, 0.05) is 6.42 Å². The Kier molecular flexibility index (Phi) is 3.80. The van der Waals surface area contributed by atoms with Crippen LogP contribution in [0.1, 0.15) is 32.1 Å². The largest absolute Gasteiger partial charge is 0.316 e. The monoisotopic (exact) mass is 204 g/mol. The maximum atomic E-state index is 8.39. The van der Waals surface area contributed by atoms with Gasteiger partial charge in [-0.1, -0.05) is 12.2 Å². The molecule has 15 heavy (non-hydrogen) atoms. The number of hydrogen-bond acceptors (Lipinski definition) is 2. The topological polar surface area (TPSA) is 35.8 Å². The number of allylic oxidation sites excluding steroid dienone is 2. The van der Waals surface area contributed by atoms with Crippen LogP contribution in [0.4, 0.5) is 0 Å². The van der Waals surface area contributed by atoms with Gasteiger partial charge < -0.3 is 5.32 Å². The van der Waals surface area contributed by atoms with Crippen molar-refractivity contribution in [2.45, 2.75) is 32.1 Å². The molecule has 2 aliphatic rings.